The highest BCUT2D eigenvalue weighted by molar-refractivity contribution is 5.61. The third kappa shape index (κ3) is 3.50. The highest BCUT2D eigenvalue weighted by Crippen LogP contribution is 2.32. The lowest BCUT2D eigenvalue weighted by atomic mass is 10.1. The van der Waals surface area contributed by atoms with Gasteiger partial charge < -0.3 is 14.5 Å². The molecule has 6 nitrogen and oxygen atoms in total. The van der Waals surface area contributed by atoms with Gasteiger partial charge in [-0.25, -0.2) is 9.97 Å². The van der Waals surface area contributed by atoms with Crippen LogP contribution in [0.2, 0.25) is 0 Å². The maximum Gasteiger partial charge on any atom is 0.161 e. The minimum atomic E-state index is 0.222. The number of hydrogen-bond donors (Lipinski definition) is 0. The molecule has 0 unspecified atom stereocenters. The summed E-state index contributed by atoms with van der Waals surface area (Å²) in [4.78, 5) is 18.5. The molecule has 0 spiro atoms. The van der Waals surface area contributed by atoms with Crippen molar-refractivity contribution in [2.45, 2.75) is 25.4 Å². The lowest BCUT2D eigenvalue weighted by Crippen LogP contribution is -2.47. The molecule has 0 radical (unpaired) electrons. The summed E-state index contributed by atoms with van der Waals surface area (Å²) in [6.45, 7) is 3.46. The van der Waals surface area contributed by atoms with Crippen molar-refractivity contribution < 1.29 is 4.74 Å². The lowest BCUT2D eigenvalue weighted by Gasteiger charge is -2.35. The number of likely N-dealkylation sites (N-methyl/N-ethyl adjacent to an activating group) is 1. The molecule has 1 fully saturated rings. The lowest BCUT2D eigenvalue weighted by molar-refractivity contribution is 0.0245. The summed E-state index contributed by atoms with van der Waals surface area (Å²) in [7, 11) is 4.18. The highest BCUT2D eigenvalue weighted by Gasteiger charge is 2.27. The van der Waals surface area contributed by atoms with Gasteiger partial charge in [0.25, 0.3) is 0 Å². The summed E-state index contributed by atoms with van der Waals surface area (Å²) < 4.78 is 5.94. The molecule has 0 amide bonds. The molecule has 0 saturated carbocycles. The summed E-state index contributed by atoms with van der Waals surface area (Å²) in [5, 5.41) is 0. The van der Waals surface area contributed by atoms with E-state index in [1.807, 2.05) is 12.1 Å². The number of ether oxygens (including phenoxy) is 1. The molecule has 2 aromatic heterocycles. The Labute approximate surface area is 148 Å². The number of aryl methyl sites for hydroxylation is 1. The van der Waals surface area contributed by atoms with Crippen LogP contribution in [0.5, 0.6) is 0 Å². The largest absolute Gasteiger partial charge is 0.373 e. The average Bonchev–Trinajstić information content (AvgIpc) is 3.10. The Kier molecular flexibility index (Phi) is 4.63. The fourth-order valence-corrected chi connectivity index (χ4v) is 3.73. The molecule has 2 aromatic rings. The molecule has 1 aliphatic heterocycles. The van der Waals surface area contributed by atoms with E-state index in [4.69, 9.17) is 14.7 Å². The second-order valence-electron chi connectivity index (χ2n) is 7.09. The summed E-state index contributed by atoms with van der Waals surface area (Å²) >= 11 is 0. The first-order chi connectivity index (χ1) is 12.2. The highest BCUT2D eigenvalue weighted by atomic mass is 16.5. The Hall–Kier alpha value is -2.05. The summed E-state index contributed by atoms with van der Waals surface area (Å²) in [5.41, 5.74) is 3.58. The van der Waals surface area contributed by atoms with Gasteiger partial charge in [-0.05, 0) is 45.5 Å². The third-order valence-electron chi connectivity index (χ3n) is 4.86. The molecule has 1 atom stereocenters. The van der Waals surface area contributed by atoms with Crippen LogP contribution in [0.3, 0.4) is 0 Å². The SMILES string of the molecule is CN(C)C[C@H]1CN(c2nc(-c3ccncc3)nc3c2CCC3)CCO1. The topological polar surface area (TPSA) is 54.4 Å². The minimum absolute atomic E-state index is 0.222. The van der Waals surface area contributed by atoms with Crippen LogP contribution in [-0.4, -0.2) is 66.3 Å². The predicted octanol–water partition coefficient (Wildman–Crippen LogP) is 1.79. The van der Waals surface area contributed by atoms with Crippen molar-refractivity contribution in [2.24, 2.45) is 0 Å². The number of aromatic nitrogens is 3. The molecular formula is C19H25N5O. The number of nitrogens with zero attached hydrogens (tertiary/aromatic N) is 5. The fourth-order valence-electron chi connectivity index (χ4n) is 3.73. The molecule has 2 aliphatic rings. The number of pyridine rings is 1. The Balaban J connectivity index is 1.68. The predicted molar refractivity (Wildman–Crippen MR) is 97.8 cm³/mol. The molecule has 0 aromatic carbocycles. The van der Waals surface area contributed by atoms with E-state index in [9.17, 15) is 0 Å². The summed E-state index contributed by atoms with van der Waals surface area (Å²) in [6.07, 6.45) is 7.12. The van der Waals surface area contributed by atoms with Crippen molar-refractivity contribution in [1.29, 1.82) is 0 Å². The Morgan fingerprint density at radius 2 is 2.04 bits per heavy atom. The van der Waals surface area contributed by atoms with Crippen molar-refractivity contribution in [3.63, 3.8) is 0 Å². The van der Waals surface area contributed by atoms with Gasteiger partial charge in [-0.1, -0.05) is 0 Å². The second-order valence-corrected chi connectivity index (χ2v) is 7.09. The van der Waals surface area contributed by atoms with Crippen LogP contribution in [0.4, 0.5) is 5.82 Å². The maximum absolute atomic E-state index is 5.94. The van der Waals surface area contributed by atoms with E-state index in [1.165, 1.54) is 17.7 Å². The van der Waals surface area contributed by atoms with E-state index in [0.29, 0.717) is 0 Å². The van der Waals surface area contributed by atoms with Gasteiger partial charge in [0.05, 0.1) is 12.7 Å². The van der Waals surface area contributed by atoms with Crippen LogP contribution in [0, 0.1) is 0 Å². The number of fused-ring (bicyclic) bond motifs is 1. The van der Waals surface area contributed by atoms with Gasteiger partial charge in [0.1, 0.15) is 5.82 Å². The number of anilines is 1. The van der Waals surface area contributed by atoms with Gasteiger partial charge in [0.2, 0.25) is 0 Å². The van der Waals surface area contributed by atoms with Gasteiger partial charge >= 0.3 is 0 Å². The maximum atomic E-state index is 5.94. The average molecular weight is 339 g/mol. The monoisotopic (exact) mass is 339 g/mol. The van der Waals surface area contributed by atoms with Gasteiger partial charge in [-0.3, -0.25) is 4.98 Å². The zero-order chi connectivity index (χ0) is 17.2. The van der Waals surface area contributed by atoms with E-state index in [0.717, 1.165) is 56.3 Å². The van der Waals surface area contributed by atoms with E-state index >= 15 is 0 Å². The molecule has 0 bridgehead atoms. The third-order valence-corrected chi connectivity index (χ3v) is 4.86. The van der Waals surface area contributed by atoms with Crippen molar-refractivity contribution in [1.82, 2.24) is 19.9 Å². The van der Waals surface area contributed by atoms with Crippen molar-refractivity contribution >= 4 is 5.82 Å². The number of morpholine rings is 1. The van der Waals surface area contributed by atoms with E-state index < -0.39 is 0 Å². The number of hydrogen-bond acceptors (Lipinski definition) is 6. The van der Waals surface area contributed by atoms with Crippen LogP contribution in [0.25, 0.3) is 11.4 Å². The van der Waals surface area contributed by atoms with Gasteiger partial charge in [-0.2, -0.15) is 0 Å². The van der Waals surface area contributed by atoms with Crippen molar-refractivity contribution in [3.8, 4) is 11.4 Å². The first kappa shape index (κ1) is 16.4. The van der Waals surface area contributed by atoms with E-state index in [-0.39, 0.29) is 6.10 Å². The molecule has 3 heterocycles. The van der Waals surface area contributed by atoms with Crippen LogP contribution < -0.4 is 4.90 Å². The summed E-state index contributed by atoms with van der Waals surface area (Å²) in [6, 6.07) is 3.96. The van der Waals surface area contributed by atoms with Crippen LogP contribution in [-0.2, 0) is 17.6 Å². The van der Waals surface area contributed by atoms with Crippen molar-refractivity contribution in [2.75, 3.05) is 45.2 Å². The molecule has 1 saturated heterocycles. The second kappa shape index (κ2) is 7.06. The zero-order valence-corrected chi connectivity index (χ0v) is 15.0. The first-order valence-electron chi connectivity index (χ1n) is 9.02. The standard InChI is InChI=1S/C19H25N5O/c1-23(2)12-15-13-24(10-11-25-15)19-16-4-3-5-17(16)21-18(22-19)14-6-8-20-9-7-14/h6-9,15H,3-5,10-13H2,1-2H3/t15-/m0/s1. The molecule has 6 heteroatoms. The van der Waals surface area contributed by atoms with Crippen molar-refractivity contribution in [3.05, 3.63) is 35.8 Å². The number of rotatable bonds is 4. The molecule has 132 valence electrons. The van der Waals surface area contributed by atoms with E-state index in [2.05, 4.69) is 28.9 Å². The molecular weight excluding hydrogens is 314 g/mol. The Bertz CT molecular complexity index is 734. The van der Waals surface area contributed by atoms with Crippen LogP contribution in [0.15, 0.2) is 24.5 Å². The first-order valence-corrected chi connectivity index (χ1v) is 9.02. The Morgan fingerprint density at radius 3 is 2.84 bits per heavy atom. The smallest absolute Gasteiger partial charge is 0.161 e. The van der Waals surface area contributed by atoms with E-state index in [1.54, 1.807) is 12.4 Å². The fraction of sp³-hybridized carbons (Fsp3) is 0.526. The van der Waals surface area contributed by atoms with Crippen LogP contribution >= 0.6 is 0 Å². The van der Waals surface area contributed by atoms with Gasteiger partial charge in [0, 0.05) is 48.8 Å². The molecule has 4 rings (SSSR count). The van der Waals surface area contributed by atoms with Gasteiger partial charge in [-0.15, -0.1) is 0 Å². The molecule has 0 N–H and O–H groups in total. The van der Waals surface area contributed by atoms with Crippen LogP contribution in [0.1, 0.15) is 17.7 Å². The zero-order valence-electron chi connectivity index (χ0n) is 15.0. The molecule has 1 aliphatic carbocycles. The minimum Gasteiger partial charge on any atom is -0.373 e. The quantitative estimate of drug-likeness (QED) is 0.847. The molecule has 25 heavy (non-hydrogen) atoms. The normalized spacial score (nSPS) is 20.1. The summed E-state index contributed by atoms with van der Waals surface area (Å²) in [5.74, 6) is 1.93. The Morgan fingerprint density at radius 1 is 1.20 bits per heavy atom. The van der Waals surface area contributed by atoms with Gasteiger partial charge in [0.15, 0.2) is 5.82 Å².